The zero-order chi connectivity index (χ0) is 14.7. The van der Waals surface area contributed by atoms with E-state index in [0.29, 0.717) is 12.1 Å². The van der Waals surface area contributed by atoms with Gasteiger partial charge >= 0.3 is 0 Å². The van der Waals surface area contributed by atoms with Crippen LogP contribution in [0.3, 0.4) is 0 Å². The number of fused-ring (bicyclic) bond motifs is 1. The Kier molecular flexibility index (Phi) is 3.60. The number of aromatic nitrogens is 1. The lowest BCUT2D eigenvalue weighted by Crippen LogP contribution is -2.22. The minimum atomic E-state index is -0.0933. The van der Waals surface area contributed by atoms with Gasteiger partial charge in [0, 0.05) is 23.8 Å². The van der Waals surface area contributed by atoms with Gasteiger partial charge < -0.3 is 15.0 Å². The average molecular weight is 280 g/mol. The maximum absolute atomic E-state index is 12.1. The van der Waals surface area contributed by atoms with Crippen LogP contribution in [0.25, 0.3) is 10.9 Å². The van der Waals surface area contributed by atoms with E-state index in [0.717, 1.165) is 16.8 Å². The number of aromatic amines is 1. The van der Waals surface area contributed by atoms with E-state index >= 15 is 0 Å². The van der Waals surface area contributed by atoms with Crippen LogP contribution in [0.5, 0.6) is 5.75 Å². The number of benzene rings is 2. The summed E-state index contributed by atoms with van der Waals surface area (Å²) in [5.74, 6) is 0.646. The van der Waals surface area contributed by atoms with Crippen LogP contribution in [-0.4, -0.2) is 18.0 Å². The SMILES string of the molecule is COc1ccc(C(=O)NCc2ccc3cc[nH]c3c2)cc1. The Morgan fingerprint density at radius 2 is 1.95 bits per heavy atom. The number of carbonyl (C=O) groups is 1. The molecule has 1 heterocycles. The van der Waals surface area contributed by atoms with Crippen molar-refractivity contribution in [2.24, 2.45) is 0 Å². The highest BCUT2D eigenvalue weighted by molar-refractivity contribution is 5.94. The highest BCUT2D eigenvalue weighted by atomic mass is 16.5. The molecule has 0 atom stereocenters. The van der Waals surface area contributed by atoms with Crippen molar-refractivity contribution in [1.29, 1.82) is 0 Å². The smallest absolute Gasteiger partial charge is 0.251 e. The van der Waals surface area contributed by atoms with Gasteiger partial charge in [-0.15, -0.1) is 0 Å². The lowest BCUT2D eigenvalue weighted by molar-refractivity contribution is 0.0951. The monoisotopic (exact) mass is 280 g/mol. The van der Waals surface area contributed by atoms with Crippen molar-refractivity contribution >= 4 is 16.8 Å². The number of methoxy groups -OCH3 is 1. The first-order chi connectivity index (χ1) is 10.3. The van der Waals surface area contributed by atoms with Crippen molar-refractivity contribution in [2.45, 2.75) is 6.54 Å². The molecule has 0 saturated heterocycles. The van der Waals surface area contributed by atoms with Crippen molar-refractivity contribution in [1.82, 2.24) is 10.3 Å². The second kappa shape index (κ2) is 5.71. The molecule has 0 bridgehead atoms. The van der Waals surface area contributed by atoms with Crippen LogP contribution in [0.1, 0.15) is 15.9 Å². The van der Waals surface area contributed by atoms with Gasteiger partial charge in [-0.3, -0.25) is 4.79 Å². The van der Waals surface area contributed by atoms with E-state index in [1.54, 1.807) is 31.4 Å². The Labute approximate surface area is 122 Å². The summed E-state index contributed by atoms with van der Waals surface area (Å²) in [6, 6.07) is 15.2. The fraction of sp³-hybridized carbons (Fsp3) is 0.118. The van der Waals surface area contributed by atoms with Gasteiger partial charge in [0.05, 0.1) is 7.11 Å². The topological polar surface area (TPSA) is 54.1 Å². The Hall–Kier alpha value is -2.75. The molecule has 106 valence electrons. The van der Waals surface area contributed by atoms with E-state index < -0.39 is 0 Å². The maximum atomic E-state index is 12.1. The molecule has 0 aliphatic rings. The van der Waals surface area contributed by atoms with E-state index in [9.17, 15) is 4.79 Å². The number of hydrogen-bond donors (Lipinski definition) is 2. The molecule has 1 amide bonds. The van der Waals surface area contributed by atoms with Gasteiger partial charge in [-0.1, -0.05) is 12.1 Å². The van der Waals surface area contributed by atoms with Gasteiger partial charge in [-0.2, -0.15) is 0 Å². The van der Waals surface area contributed by atoms with E-state index in [4.69, 9.17) is 4.74 Å². The van der Waals surface area contributed by atoms with E-state index in [1.807, 2.05) is 30.5 Å². The zero-order valence-corrected chi connectivity index (χ0v) is 11.7. The quantitative estimate of drug-likeness (QED) is 0.771. The molecule has 0 saturated carbocycles. The van der Waals surface area contributed by atoms with Crippen molar-refractivity contribution in [3.8, 4) is 5.75 Å². The summed E-state index contributed by atoms with van der Waals surface area (Å²) in [7, 11) is 1.60. The summed E-state index contributed by atoms with van der Waals surface area (Å²) >= 11 is 0. The molecule has 2 N–H and O–H groups in total. The van der Waals surface area contributed by atoms with Crippen LogP contribution in [0.2, 0.25) is 0 Å². The van der Waals surface area contributed by atoms with Gasteiger partial charge in [-0.05, 0) is 47.3 Å². The zero-order valence-electron chi connectivity index (χ0n) is 11.7. The van der Waals surface area contributed by atoms with Crippen molar-refractivity contribution in [2.75, 3.05) is 7.11 Å². The van der Waals surface area contributed by atoms with Gasteiger partial charge in [0.15, 0.2) is 0 Å². The van der Waals surface area contributed by atoms with Gasteiger partial charge in [0.25, 0.3) is 5.91 Å². The minimum absolute atomic E-state index is 0.0933. The summed E-state index contributed by atoms with van der Waals surface area (Å²) < 4.78 is 5.08. The highest BCUT2D eigenvalue weighted by Crippen LogP contribution is 2.14. The lowest BCUT2D eigenvalue weighted by Gasteiger charge is -2.06. The lowest BCUT2D eigenvalue weighted by atomic mass is 10.1. The van der Waals surface area contributed by atoms with Crippen molar-refractivity contribution in [3.05, 3.63) is 65.9 Å². The number of nitrogens with one attached hydrogen (secondary N) is 2. The Balaban J connectivity index is 1.66. The van der Waals surface area contributed by atoms with E-state index in [2.05, 4.69) is 10.3 Å². The first-order valence-corrected chi connectivity index (χ1v) is 6.74. The van der Waals surface area contributed by atoms with Crippen LogP contribution in [0.4, 0.5) is 0 Å². The number of rotatable bonds is 4. The van der Waals surface area contributed by atoms with Crippen LogP contribution >= 0.6 is 0 Å². The number of carbonyl (C=O) groups excluding carboxylic acids is 1. The third kappa shape index (κ3) is 2.89. The van der Waals surface area contributed by atoms with Crippen LogP contribution < -0.4 is 10.1 Å². The maximum Gasteiger partial charge on any atom is 0.251 e. The van der Waals surface area contributed by atoms with Gasteiger partial charge in [0.2, 0.25) is 0 Å². The molecule has 21 heavy (non-hydrogen) atoms. The third-order valence-corrected chi connectivity index (χ3v) is 3.42. The standard InChI is InChI=1S/C17H16N2O2/c1-21-15-6-4-14(5-7-15)17(20)19-11-12-2-3-13-8-9-18-16(13)10-12/h2-10,18H,11H2,1H3,(H,19,20). The molecule has 0 unspecified atom stereocenters. The summed E-state index contributed by atoms with van der Waals surface area (Å²) in [4.78, 5) is 15.2. The predicted octanol–water partition coefficient (Wildman–Crippen LogP) is 3.11. The Bertz CT molecular complexity index is 760. The summed E-state index contributed by atoms with van der Waals surface area (Å²) in [5, 5.41) is 4.08. The molecule has 0 aliphatic heterocycles. The molecule has 3 aromatic rings. The fourth-order valence-corrected chi connectivity index (χ4v) is 2.23. The second-order valence-corrected chi connectivity index (χ2v) is 4.81. The fourth-order valence-electron chi connectivity index (χ4n) is 2.23. The molecular weight excluding hydrogens is 264 g/mol. The number of ether oxygens (including phenoxy) is 1. The molecule has 1 aromatic heterocycles. The number of H-pyrrole nitrogens is 1. The molecular formula is C17H16N2O2. The number of amides is 1. The first-order valence-electron chi connectivity index (χ1n) is 6.74. The van der Waals surface area contributed by atoms with Crippen molar-refractivity contribution < 1.29 is 9.53 Å². The summed E-state index contributed by atoms with van der Waals surface area (Å²) in [5.41, 5.74) is 2.76. The molecule has 4 heteroatoms. The highest BCUT2D eigenvalue weighted by Gasteiger charge is 2.05. The van der Waals surface area contributed by atoms with Crippen molar-refractivity contribution in [3.63, 3.8) is 0 Å². The van der Waals surface area contributed by atoms with E-state index in [-0.39, 0.29) is 5.91 Å². The predicted molar refractivity (Wildman–Crippen MR) is 82.5 cm³/mol. The Morgan fingerprint density at radius 3 is 2.71 bits per heavy atom. The molecule has 3 rings (SSSR count). The summed E-state index contributed by atoms with van der Waals surface area (Å²) in [6.07, 6.45) is 1.91. The van der Waals surface area contributed by atoms with Gasteiger partial charge in [-0.25, -0.2) is 0 Å². The largest absolute Gasteiger partial charge is 0.497 e. The Morgan fingerprint density at radius 1 is 1.14 bits per heavy atom. The molecule has 0 fully saturated rings. The first kappa shape index (κ1) is 13.2. The summed E-state index contributed by atoms with van der Waals surface area (Å²) in [6.45, 7) is 0.500. The minimum Gasteiger partial charge on any atom is -0.497 e. The van der Waals surface area contributed by atoms with Gasteiger partial charge in [0.1, 0.15) is 5.75 Å². The molecule has 0 radical (unpaired) electrons. The average Bonchev–Trinajstić information content (AvgIpc) is 3.00. The number of hydrogen-bond acceptors (Lipinski definition) is 2. The third-order valence-electron chi connectivity index (χ3n) is 3.42. The van der Waals surface area contributed by atoms with Crippen LogP contribution in [0, 0.1) is 0 Å². The second-order valence-electron chi connectivity index (χ2n) is 4.81. The molecule has 2 aromatic carbocycles. The molecule has 0 aliphatic carbocycles. The van der Waals surface area contributed by atoms with E-state index in [1.165, 1.54) is 5.39 Å². The van der Waals surface area contributed by atoms with Crippen LogP contribution in [-0.2, 0) is 6.54 Å². The molecule has 4 nitrogen and oxygen atoms in total. The molecule has 0 spiro atoms. The normalized spacial score (nSPS) is 10.5. The van der Waals surface area contributed by atoms with Crippen LogP contribution in [0.15, 0.2) is 54.7 Å².